The molecule has 0 bridgehead atoms. The fourth-order valence-corrected chi connectivity index (χ4v) is 2.89. The molecular weight excluding hydrogens is 353 g/mol. The van der Waals surface area contributed by atoms with Crippen molar-refractivity contribution >= 4 is 11.6 Å². The van der Waals surface area contributed by atoms with Gasteiger partial charge in [0, 0.05) is 24.1 Å². The van der Waals surface area contributed by atoms with Gasteiger partial charge in [-0.3, -0.25) is 4.79 Å². The number of amides is 1. The van der Waals surface area contributed by atoms with Crippen LogP contribution in [0.3, 0.4) is 0 Å². The Balaban J connectivity index is 1.73. The molecule has 0 aliphatic carbocycles. The third-order valence-electron chi connectivity index (χ3n) is 4.39. The predicted molar refractivity (Wildman–Crippen MR) is 99.4 cm³/mol. The van der Waals surface area contributed by atoms with E-state index in [0.29, 0.717) is 0 Å². The van der Waals surface area contributed by atoms with E-state index in [2.05, 4.69) is 5.32 Å². The lowest BCUT2D eigenvalue weighted by Crippen LogP contribution is -2.17. The second-order valence-electron chi connectivity index (χ2n) is 6.44. The predicted octanol–water partition coefficient (Wildman–Crippen LogP) is 5.20. The molecule has 27 heavy (non-hydrogen) atoms. The van der Waals surface area contributed by atoms with Crippen LogP contribution in [-0.2, 0) is 24.4 Å². The summed E-state index contributed by atoms with van der Waals surface area (Å²) in [7, 11) is 1.86. The molecule has 0 spiro atoms. The topological polar surface area (TPSA) is 34.0 Å². The maximum Gasteiger partial charge on any atom is 0.416 e. The van der Waals surface area contributed by atoms with Gasteiger partial charge in [0.25, 0.3) is 0 Å². The molecular formula is C21H19F3N2O. The molecule has 0 fully saturated rings. The van der Waals surface area contributed by atoms with Crippen molar-refractivity contribution in [3.05, 3.63) is 77.5 Å². The van der Waals surface area contributed by atoms with Crippen LogP contribution < -0.4 is 5.32 Å². The number of nitrogens with zero attached hydrogens (tertiary/aromatic N) is 1. The van der Waals surface area contributed by atoms with Crippen molar-refractivity contribution in [1.82, 2.24) is 4.57 Å². The number of halogens is 3. The first-order chi connectivity index (χ1) is 12.7. The van der Waals surface area contributed by atoms with Gasteiger partial charge in [-0.1, -0.05) is 35.9 Å². The van der Waals surface area contributed by atoms with Crippen LogP contribution in [0.25, 0.3) is 11.3 Å². The number of anilines is 1. The van der Waals surface area contributed by atoms with Gasteiger partial charge in [0.2, 0.25) is 5.91 Å². The lowest BCUT2D eigenvalue weighted by molar-refractivity contribution is -0.137. The number of rotatable bonds is 4. The third-order valence-corrected chi connectivity index (χ3v) is 4.39. The zero-order valence-corrected chi connectivity index (χ0v) is 15.0. The monoisotopic (exact) mass is 372 g/mol. The quantitative estimate of drug-likeness (QED) is 0.671. The molecule has 3 rings (SSSR count). The summed E-state index contributed by atoms with van der Waals surface area (Å²) >= 11 is 0. The number of aromatic nitrogens is 1. The number of benzene rings is 2. The zero-order chi connectivity index (χ0) is 19.6. The van der Waals surface area contributed by atoms with E-state index in [1.54, 1.807) is 0 Å². The fourth-order valence-electron chi connectivity index (χ4n) is 2.89. The highest BCUT2D eigenvalue weighted by Crippen LogP contribution is 2.30. The van der Waals surface area contributed by atoms with Gasteiger partial charge >= 0.3 is 6.18 Å². The minimum Gasteiger partial charge on any atom is -0.347 e. The van der Waals surface area contributed by atoms with Crippen molar-refractivity contribution in [2.75, 3.05) is 5.32 Å². The van der Waals surface area contributed by atoms with Crippen molar-refractivity contribution in [1.29, 1.82) is 0 Å². The Morgan fingerprint density at radius 3 is 2.41 bits per heavy atom. The second-order valence-corrected chi connectivity index (χ2v) is 6.44. The highest BCUT2D eigenvalue weighted by Gasteiger charge is 2.30. The van der Waals surface area contributed by atoms with Gasteiger partial charge in [-0.25, -0.2) is 0 Å². The molecule has 6 heteroatoms. The lowest BCUT2D eigenvalue weighted by Gasteiger charge is -2.11. The SMILES string of the molecule is Cc1ccc(-c2ccc(CC(=O)Nc3cccc(C(F)(F)F)c3)n2C)cc1. The van der Waals surface area contributed by atoms with Crippen molar-refractivity contribution < 1.29 is 18.0 Å². The first-order valence-electron chi connectivity index (χ1n) is 8.43. The summed E-state index contributed by atoms with van der Waals surface area (Å²) in [5.74, 6) is -0.369. The molecule has 0 aliphatic rings. The standard InChI is InChI=1S/C21H19F3N2O/c1-14-6-8-15(9-7-14)19-11-10-18(26(19)2)13-20(27)25-17-5-3-4-16(12-17)21(22,23)24/h3-12H,13H2,1-2H3,(H,25,27). The molecule has 0 radical (unpaired) electrons. The van der Waals surface area contributed by atoms with E-state index in [9.17, 15) is 18.0 Å². The summed E-state index contributed by atoms with van der Waals surface area (Å²) in [5.41, 5.74) is 3.27. The summed E-state index contributed by atoms with van der Waals surface area (Å²) < 4.78 is 40.2. The maximum atomic E-state index is 12.8. The van der Waals surface area contributed by atoms with Crippen LogP contribution in [0.2, 0.25) is 0 Å². The Bertz CT molecular complexity index is 956. The molecule has 3 aromatic rings. The van der Waals surface area contributed by atoms with Gasteiger partial charge in [-0.05, 0) is 42.8 Å². The van der Waals surface area contributed by atoms with Gasteiger partial charge in [-0.15, -0.1) is 0 Å². The summed E-state index contributed by atoms with van der Waals surface area (Å²) in [6, 6.07) is 16.4. The van der Waals surface area contributed by atoms with Crippen molar-refractivity contribution in [2.45, 2.75) is 19.5 Å². The van der Waals surface area contributed by atoms with E-state index in [1.807, 2.05) is 54.9 Å². The Kier molecular flexibility index (Phi) is 5.08. The average molecular weight is 372 g/mol. The zero-order valence-electron chi connectivity index (χ0n) is 15.0. The van der Waals surface area contributed by atoms with Gasteiger partial charge < -0.3 is 9.88 Å². The molecule has 2 aromatic carbocycles. The largest absolute Gasteiger partial charge is 0.416 e. The molecule has 3 nitrogen and oxygen atoms in total. The summed E-state index contributed by atoms with van der Waals surface area (Å²) in [4.78, 5) is 12.3. The molecule has 1 N–H and O–H groups in total. The van der Waals surface area contributed by atoms with Gasteiger partial charge in [0.05, 0.1) is 12.0 Å². The molecule has 0 aliphatic heterocycles. The van der Waals surface area contributed by atoms with Crippen LogP contribution in [0.1, 0.15) is 16.8 Å². The molecule has 1 amide bonds. The van der Waals surface area contributed by atoms with E-state index in [1.165, 1.54) is 12.1 Å². The summed E-state index contributed by atoms with van der Waals surface area (Å²) in [5, 5.41) is 2.53. The van der Waals surface area contributed by atoms with Crippen LogP contribution in [0.15, 0.2) is 60.7 Å². The van der Waals surface area contributed by atoms with Crippen molar-refractivity contribution in [3.63, 3.8) is 0 Å². The fraction of sp³-hybridized carbons (Fsp3) is 0.190. The Hall–Kier alpha value is -3.02. The summed E-state index contributed by atoms with van der Waals surface area (Å²) in [6.07, 6.45) is -4.37. The first-order valence-corrected chi connectivity index (χ1v) is 8.43. The van der Waals surface area contributed by atoms with Crippen LogP contribution in [0.4, 0.5) is 18.9 Å². The lowest BCUT2D eigenvalue weighted by atomic mass is 10.1. The van der Waals surface area contributed by atoms with E-state index in [-0.39, 0.29) is 18.0 Å². The highest BCUT2D eigenvalue weighted by molar-refractivity contribution is 5.92. The van der Waals surface area contributed by atoms with E-state index < -0.39 is 11.7 Å². The smallest absolute Gasteiger partial charge is 0.347 e. The van der Waals surface area contributed by atoms with Gasteiger partial charge in [-0.2, -0.15) is 13.2 Å². The number of aryl methyl sites for hydroxylation is 1. The first kappa shape index (κ1) is 18.8. The second kappa shape index (κ2) is 7.31. The Labute approximate surface area is 155 Å². The molecule has 0 saturated heterocycles. The number of hydrogen-bond acceptors (Lipinski definition) is 1. The number of nitrogens with one attached hydrogen (secondary N) is 1. The number of hydrogen-bond donors (Lipinski definition) is 1. The highest BCUT2D eigenvalue weighted by atomic mass is 19.4. The molecule has 140 valence electrons. The molecule has 0 unspecified atom stereocenters. The van der Waals surface area contributed by atoms with E-state index in [0.717, 1.165) is 34.6 Å². The average Bonchev–Trinajstić information content (AvgIpc) is 2.96. The Morgan fingerprint density at radius 2 is 1.74 bits per heavy atom. The third kappa shape index (κ3) is 4.39. The minimum atomic E-state index is -4.44. The minimum absolute atomic E-state index is 0.0681. The molecule has 1 aromatic heterocycles. The molecule has 0 atom stereocenters. The molecule has 0 saturated carbocycles. The van der Waals surface area contributed by atoms with Crippen molar-refractivity contribution in [3.8, 4) is 11.3 Å². The van der Waals surface area contributed by atoms with Crippen LogP contribution in [0.5, 0.6) is 0 Å². The normalized spacial score (nSPS) is 11.4. The van der Waals surface area contributed by atoms with Crippen LogP contribution >= 0.6 is 0 Å². The number of carbonyl (C=O) groups excluding carboxylic acids is 1. The van der Waals surface area contributed by atoms with Crippen molar-refractivity contribution in [2.24, 2.45) is 7.05 Å². The van der Waals surface area contributed by atoms with Gasteiger partial charge in [0.1, 0.15) is 0 Å². The van der Waals surface area contributed by atoms with Gasteiger partial charge in [0.15, 0.2) is 0 Å². The maximum absolute atomic E-state index is 12.8. The molecule has 1 heterocycles. The number of carbonyl (C=O) groups is 1. The Morgan fingerprint density at radius 1 is 1.04 bits per heavy atom. The van der Waals surface area contributed by atoms with E-state index in [4.69, 9.17) is 0 Å². The van der Waals surface area contributed by atoms with E-state index >= 15 is 0 Å². The summed E-state index contributed by atoms with van der Waals surface area (Å²) in [6.45, 7) is 2.01. The number of alkyl halides is 3. The van der Waals surface area contributed by atoms with Crippen LogP contribution in [0, 0.1) is 6.92 Å². The van der Waals surface area contributed by atoms with Crippen LogP contribution in [-0.4, -0.2) is 10.5 Å².